The van der Waals surface area contributed by atoms with E-state index in [0.717, 1.165) is 5.75 Å². The number of hydrogen-bond donors (Lipinski definition) is 1. The monoisotopic (exact) mass is 469 g/mol. The van der Waals surface area contributed by atoms with Crippen molar-refractivity contribution in [3.8, 4) is 5.75 Å². The van der Waals surface area contributed by atoms with Crippen molar-refractivity contribution < 1.29 is 23.9 Å². The standard InChI is InChI=1S/C24H27N3O5S/c1-4-27-21(28)15-20(22(29)25-17-11-13-19(14-12-17)31-5-2)33-24(27)26-18-9-7-16(8-10-18)23(30)32-6-3/h7-14,20H,4-6,15H2,1-3H3,(H,25,29)/t20-/m0/s1. The molecule has 1 aliphatic heterocycles. The highest BCUT2D eigenvalue weighted by atomic mass is 32.2. The molecule has 1 fully saturated rings. The fraction of sp³-hybridized carbons (Fsp3) is 0.333. The Morgan fingerprint density at radius 3 is 2.36 bits per heavy atom. The molecule has 1 aliphatic rings. The fourth-order valence-electron chi connectivity index (χ4n) is 3.17. The molecule has 0 aromatic heterocycles. The average molecular weight is 470 g/mol. The summed E-state index contributed by atoms with van der Waals surface area (Å²) < 4.78 is 10.4. The predicted octanol–water partition coefficient (Wildman–Crippen LogP) is 4.24. The molecule has 2 amide bonds. The number of hydrogen-bond acceptors (Lipinski definition) is 7. The Morgan fingerprint density at radius 1 is 1.06 bits per heavy atom. The summed E-state index contributed by atoms with van der Waals surface area (Å²) in [6, 6.07) is 13.7. The van der Waals surface area contributed by atoms with Crippen LogP contribution in [-0.4, -0.2) is 52.9 Å². The van der Waals surface area contributed by atoms with Gasteiger partial charge < -0.3 is 14.8 Å². The minimum atomic E-state index is -0.607. The van der Waals surface area contributed by atoms with E-state index in [4.69, 9.17) is 9.47 Å². The number of anilines is 1. The number of benzene rings is 2. The lowest BCUT2D eigenvalue weighted by Crippen LogP contribution is -2.45. The molecule has 0 unspecified atom stereocenters. The lowest BCUT2D eigenvalue weighted by Gasteiger charge is -2.30. The highest BCUT2D eigenvalue weighted by Crippen LogP contribution is 2.30. The number of amidine groups is 1. The molecule has 0 saturated carbocycles. The van der Waals surface area contributed by atoms with Crippen molar-refractivity contribution in [3.05, 3.63) is 54.1 Å². The highest BCUT2D eigenvalue weighted by Gasteiger charge is 2.35. The number of thioether (sulfide) groups is 1. The molecule has 1 heterocycles. The van der Waals surface area contributed by atoms with Crippen molar-refractivity contribution in [2.75, 3.05) is 25.1 Å². The number of aliphatic imine (C=N–C) groups is 1. The molecular weight excluding hydrogens is 442 g/mol. The molecule has 0 bridgehead atoms. The second-order valence-electron chi connectivity index (χ2n) is 7.06. The molecule has 1 saturated heterocycles. The number of nitrogens with zero attached hydrogens (tertiary/aromatic N) is 2. The summed E-state index contributed by atoms with van der Waals surface area (Å²) in [5, 5.41) is 2.70. The number of amides is 2. The van der Waals surface area contributed by atoms with E-state index in [-0.39, 0.29) is 18.2 Å². The molecule has 8 nitrogen and oxygen atoms in total. The van der Waals surface area contributed by atoms with Gasteiger partial charge in [-0.05, 0) is 69.3 Å². The number of carbonyl (C=O) groups is 3. The van der Waals surface area contributed by atoms with Crippen molar-refractivity contribution >= 4 is 46.1 Å². The smallest absolute Gasteiger partial charge is 0.338 e. The minimum absolute atomic E-state index is 0.0855. The fourth-order valence-corrected chi connectivity index (χ4v) is 4.34. The summed E-state index contributed by atoms with van der Waals surface area (Å²) in [5.41, 5.74) is 1.62. The molecule has 0 aliphatic carbocycles. The van der Waals surface area contributed by atoms with Gasteiger partial charge in [0.15, 0.2) is 5.17 Å². The Morgan fingerprint density at radius 2 is 1.76 bits per heavy atom. The van der Waals surface area contributed by atoms with Gasteiger partial charge in [0.2, 0.25) is 11.8 Å². The van der Waals surface area contributed by atoms with Crippen LogP contribution in [0.2, 0.25) is 0 Å². The zero-order valence-electron chi connectivity index (χ0n) is 18.9. The molecule has 33 heavy (non-hydrogen) atoms. The van der Waals surface area contributed by atoms with Crippen LogP contribution in [0.3, 0.4) is 0 Å². The molecule has 174 valence electrons. The van der Waals surface area contributed by atoms with E-state index in [1.54, 1.807) is 60.4 Å². The maximum atomic E-state index is 12.9. The second kappa shape index (κ2) is 11.5. The maximum Gasteiger partial charge on any atom is 0.338 e. The molecule has 1 N–H and O–H groups in total. The zero-order valence-corrected chi connectivity index (χ0v) is 19.7. The van der Waals surface area contributed by atoms with Crippen LogP contribution in [0.25, 0.3) is 0 Å². The van der Waals surface area contributed by atoms with Crippen molar-refractivity contribution in [1.82, 2.24) is 4.90 Å². The van der Waals surface area contributed by atoms with Crippen LogP contribution in [0, 0.1) is 0 Å². The Balaban J connectivity index is 1.74. The summed E-state index contributed by atoms with van der Waals surface area (Å²) in [6.07, 6.45) is 0.0855. The number of ether oxygens (including phenoxy) is 2. The number of carbonyl (C=O) groups excluding carboxylic acids is 3. The Labute approximate surface area is 197 Å². The van der Waals surface area contributed by atoms with Gasteiger partial charge in [-0.3, -0.25) is 14.5 Å². The lowest BCUT2D eigenvalue weighted by atomic mass is 10.2. The topological polar surface area (TPSA) is 97.3 Å². The summed E-state index contributed by atoms with van der Waals surface area (Å²) in [5.74, 6) is -0.108. The molecule has 0 spiro atoms. The molecule has 2 aromatic carbocycles. The number of esters is 1. The third-order valence-corrected chi connectivity index (χ3v) is 5.97. The van der Waals surface area contributed by atoms with Crippen LogP contribution >= 0.6 is 11.8 Å². The largest absolute Gasteiger partial charge is 0.494 e. The third-order valence-electron chi connectivity index (χ3n) is 4.78. The molecule has 3 rings (SSSR count). The molecule has 2 aromatic rings. The summed E-state index contributed by atoms with van der Waals surface area (Å²) in [7, 11) is 0. The highest BCUT2D eigenvalue weighted by molar-refractivity contribution is 8.15. The van der Waals surface area contributed by atoms with Gasteiger partial charge in [0.1, 0.15) is 11.0 Å². The van der Waals surface area contributed by atoms with Gasteiger partial charge in [-0.2, -0.15) is 0 Å². The summed E-state index contributed by atoms with van der Waals surface area (Å²) in [4.78, 5) is 43.5. The summed E-state index contributed by atoms with van der Waals surface area (Å²) in [6.45, 7) is 6.82. The lowest BCUT2D eigenvalue weighted by molar-refractivity contribution is -0.129. The Kier molecular flexibility index (Phi) is 8.48. The first kappa shape index (κ1) is 24.3. The molecule has 1 atom stereocenters. The average Bonchev–Trinajstić information content (AvgIpc) is 2.81. The Hall–Kier alpha value is -3.33. The van der Waals surface area contributed by atoms with E-state index >= 15 is 0 Å². The first-order chi connectivity index (χ1) is 15.9. The molecule has 9 heteroatoms. The SMILES string of the molecule is CCOC(=O)c1ccc(N=C2S[C@H](C(=O)Nc3ccc(OCC)cc3)CC(=O)N2CC)cc1. The minimum Gasteiger partial charge on any atom is -0.494 e. The van der Waals surface area contributed by atoms with Crippen molar-refractivity contribution in [2.24, 2.45) is 4.99 Å². The van der Waals surface area contributed by atoms with Gasteiger partial charge in [-0.25, -0.2) is 9.79 Å². The van der Waals surface area contributed by atoms with Crippen LogP contribution < -0.4 is 10.1 Å². The number of nitrogens with one attached hydrogen (secondary N) is 1. The first-order valence-corrected chi connectivity index (χ1v) is 11.7. The van der Waals surface area contributed by atoms with E-state index in [9.17, 15) is 14.4 Å². The molecular formula is C24H27N3O5S. The second-order valence-corrected chi connectivity index (χ2v) is 8.23. The first-order valence-electron chi connectivity index (χ1n) is 10.8. The summed E-state index contributed by atoms with van der Waals surface area (Å²) >= 11 is 1.25. The maximum absolute atomic E-state index is 12.9. The van der Waals surface area contributed by atoms with Gasteiger partial charge in [0.05, 0.1) is 24.5 Å². The zero-order chi connectivity index (χ0) is 23.8. The molecule has 0 radical (unpaired) electrons. The van der Waals surface area contributed by atoms with Crippen molar-refractivity contribution in [2.45, 2.75) is 32.4 Å². The van der Waals surface area contributed by atoms with Crippen molar-refractivity contribution in [1.29, 1.82) is 0 Å². The van der Waals surface area contributed by atoms with E-state index in [2.05, 4.69) is 10.3 Å². The predicted molar refractivity (Wildman–Crippen MR) is 129 cm³/mol. The van der Waals surface area contributed by atoms with E-state index in [1.807, 2.05) is 13.8 Å². The van der Waals surface area contributed by atoms with Gasteiger partial charge >= 0.3 is 5.97 Å². The third kappa shape index (κ3) is 6.35. The van der Waals surface area contributed by atoms with E-state index in [0.29, 0.717) is 41.9 Å². The van der Waals surface area contributed by atoms with E-state index < -0.39 is 11.2 Å². The van der Waals surface area contributed by atoms with Gasteiger partial charge in [0, 0.05) is 18.7 Å². The normalized spacial score (nSPS) is 17.1. The van der Waals surface area contributed by atoms with Crippen LogP contribution in [0.4, 0.5) is 11.4 Å². The van der Waals surface area contributed by atoms with Crippen molar-refractivity contribution in [3.63, 3.8) is 0 Å². The number of rotatable bonds is 8. The van der Waals surface area contributed by atoms with Gasteiger partial charge in [0.25, 0.3) is 0 Å². The van der Waals surface area contributed by atoms with Crippen LogP contribution in [0.1, 0.15) is 37.6 Å². The van der Waals surface area contributed by atoms with Gasteiger partial charge in [-0.15, -0.1) is 0 Å². The van der Waals surface area contributed by atoms with Gasteiger partial charge in [-0.1, -0.05) is 11.8 Å². The quantitative estimate of drug-likeness (QED) is 0.581. The van der Waals surface area contributed by atoms with Crippen LogP contribution in [-0.2, 0) is 14.3 Å². The Bertz CT molecular complexity index is 1020. The van der Waals surface area contributed by atoms with E-state index in [1.165, 1.54) is 11.8 Å². The van der Waals surface area contributed by atoms with Crippen LogP contribution in [0.15, 0.2) is 53.5 Å². The van der Waals surface area contributed by atoms with Crippen LogP contribution in [0.5, 0.6) is 5.75 Å².